The molecular formula is C54H68I9N9O21. The second-order valence-electron chi connectivity index (χ2n) is 21.0. The number of amides is 9. The zero-order chi connectivity index (χ0) is 70.4. The first-order chi connectivity index (χ1) is 43.6. The molecule has 0 radical (unpaired) electrons. The van der Waals surface area contributed by atoms with Gasteiger partial charge in [0.1, 0.15) is 0 Å². The van der Waals surface area contributed by atoms with E-state index in [2.05, 4.69) is 16.0 Å². The molecule has 8 unspecified atom stereocenters. The molecule has 2 aliphatic rings. The van der Waals surface area contributed by atoms with Crippen LogP contribution in [0, 0.1) is 21.4 Å². The van der Waals surface area contributed by atoms with Crippen molar-refractivity contribution >= 4 is 268 Å². The molecule has 0 spiro atoms. The third-order valence-electron chi connectivity index (χ3n) is 14.2. The number of benzene rings is 2. The van der Waals surface area contributed by atoms with Crippen LogP contribution >= 0.6 is 203 Å². The summed E-state index contributed by atoms with van der Waals surface area (Å²) in [7, 11) is 4.01. The highest BCUT2D eigenvalue weighted by Crippen LogP contribution is 2.44. The molecule has 93 heavy (non-hydrogen) atoms. The van der Waals surface area contributed by atoms with Crippen molar-refractivity contribution < 1.29 is 104 Å². The van der Waals surface area contributed by atoms with E-state index in [0.717, 1.165) is 14.7 Å². The van der Waals surface area contributed by atoms with Gasteiger partial charge in [-0.3, -0.25) is 43.2 Å². The molecule has 8 atom stereocenters. The number of nitrogens with zero attached hydrogens (tertiary/aromatic N) is 6. The van der Waals surface area contributed by atoms with Crippen molar-refractivity contribution in [2.45, 2.75) is 65.9 Å². The molecule has 0 saturated carbocycles. The molecule has 30 nitrogen and oxygen atoms in total. The van der Waals surface area contributed by atoms with E-state index in [0.29, 0.717) is 0 Å². The molecule has 1 aliphatic carbocycles. The van der Waals surface area contributed by atoms with E-state index in [1.807, 2.05) is 67.8 Å². The highest BCUT2D eigenvalue weighted by atomic mass is 127. The minimum atomic E-state index is -1.95. The first kappa shape index (κ1) is 84.7. The van der Waals surface area contributed by atoms with E-state index in [-0.39, 0.29) is 152 Å². The number of alkyl halides is 1. The molecule has 39 heteroatoms. The van der Waals surface area contributed by atoms with E-state index < -0.39 is 139 Å². The maximum absolute atomic E-state index is 15.7. The monoisotopic (exact) mass is 2320 g/mol. The summed E-state index contributed by atoms with van der Waals surface area (Å²) in [5.41, 5.74) is -0.890. The number of hydrogen-bond acceptors (Lipinski definition) is 21. The van der Waals surface area contributed by atoms with Crippen molar-refractivity contribution in [3.8, 4) is 0 Å². The van der Waals surface area contributed by atoms with Crippen LogP contribution in [0.5, 0.6) is 0 Å². The van der Waals surface area contributed by atoms with Gasteiger partial charge in [-0.1, -0.05) is 22.6 Å². The predicted molar refractivity (Wildman–Crippen MR) is 411 cm³/mol. The van der Waals surface area contributed by atoms with Gasteiger partial charge < -0.3 is 107 Å². The van der Waals surface area contributed by atoms with Crippen LogP contribution in [0.25, 0.3) is 0 Å². The van der Waals surface area contributed by atoms with E-state index in [1.165, 1.54) is 35.8 Å². The molecular weight excluding hydrogens is 2250 g/mol. The van der Waals surface area contributed by atoms with Gasteiger partial charge in [0.05, 0.1) is 121 Å². The van der Waals surface area contributed by atoms with Crippen LogP contribution in [-0.2, 0) is 24.0 Å². The van der Waals surface area contributed by atoms with Crippen molar-refractivity contribution in [1.29, 1.82) is 0 Å². The quantitative estimate of drug-likeness (QED) is 0.0451. The van der Waals surface area contributed by atoms with Crippen molar-refractivity contribution in [1.82, 2.24) is 34.7 Å². The number of anilines is 2. The van der Waals surface area contributed by atoms with Crippen molar-refractivity contribution in [3.63, 3.8) is 0 Å². The number of aliphatic hydroxyl groups is 12. The number of likely N-dealkylation sites (N-methyl/N-ethyl adjacent to an activating group) is 3. The van der Waals surface area contributed by atoms with Gasteiger partial charge >= 0.3 is 0 Å². The standard InChI is InChI=1S/C54H68I9N9O21/c1-67(13-22(79)16-73)49(88)28-34(55)31(40(61)43(37(28)58)64-46(85)25(82)19-76)52(91)70-7-4-9-71(53(92)32-35(56)29(50(89)68(2)14-23(80)17-74)38(59)44(41(32)62)65-47(86)26(83)20-77)11-6-12-72(10-5-8-70)54(93)33-36(57)30(51(90)69(3)15-24(81)18-75)39(60)45(42(33)63)66-48(87)27(84)21-78/h22-27,37,43,73-84H,4-21H2,1-3H3,(H,64,85)(H,65,86)(H,66,87). The topological polar surface area (TPSA) is 452 Å². The summed E-state index contributed by atoms with van der Waals surface area (Å²) in [4.78, 5) is 138. The molecule has 2 aromatic rings. The van der Waals surface area contributed by atoms with Gasteiger partial charge in [0.2, 0.25) is 0 Å². The van der Waals surface area contributed by atoms with Gasteiger partial charge in [-0.2, -0.15) is 0 Å². The van der Waals surface area contributed by atoms with Gasteiger partial charge in [-0.25, -0.2) is 0 Å². The molecule has 1 aliphatic heterocycles. The molecule has 0 bridgehead atoms. The molecule has 0 aromatic heterocycles. The van der Waals surface area contributed by atoms with Crippen molar-refractivity contribution in [2.24, 2.45) is 0 Å². The van der Waals surface area contributed by atoms with Crippen LogP contribution in [0.15, 0.2) is 18.3 Å². The van der Waals surface area contributed by atoms with Crippen LogP contribution in [-0.4, -0.2) is 310 Å². The first-order valence-corrected chi connectivity index (χ1v) is 37.7. The average molecular weight is 2320 g/mol. The Morgan fingerprint density at radius 1 is 0.441 bits per heavy atom. The van der Waals surface area contributed by atoms with E-state index >= 15 is 14.4 Å². The minimum absolute atomic E-state index is 0.0130. The molecule has 2 aromatic carbocycles. The Hall–Kier alpha value is -0.760. The van der Waals surface area contributed by atoms with Crippen molar-refractivity contribution in [3.05, 3.63) is 62.0 Å². The van der Waals surface area contributed by atoms with Gasteiger partial charge in [-0.05, 0) is 200 Å². The van der Waals surface area contributed by atoms with Crippen LogP contribution < -0.4 is 16.0 Å². The van der Waals surface area contributed by atoms with Gasteiger partial charge in [-0.15, -0.1) is 0 Å². The van der Waals surface area contributed by atoms with Gasteiger partial charge in [0.15, 0.2) is 18.3 Å². The molecule has 518 valence electrons. The van der Waals surface area contributed by atoms with Crippen LogP contribution in [0.3, 0.4) is 0 Å². The maximum atomic E-state index is 15.7. The summed E-state index contributed by atoms with van der Waals surface area (Å²) in [5.74, 6) is -7.71. The number of nitrogens with one attached hydrogen (secondary N) is 3. The summed E-state index contributed by atoms with van der Waals surface area (Å²) in [6, 6.07) is -1.20. The smallest absolute Gasteiger partial charge is 0.256 e. The molecule has 15 N–H and O–H groups in total. The Morgan fingerprint density at radius 3 is 1.06 bits per heavy atom. The SMILES string of the molecule is CN(CC(O)CO)C(=O)C1=C(I)C(C(=O)N2CCCN(C(=O)c3c(I)c(NC(=O)C(O)CO)c(I)c(C(=O)N(C)CC(O)CO)c3I)CCCN(C(=O)c3c(I)c(NC(=O)C(O)CO)c(I)c(C(=O)N(C)CC(O)CO)c3I)CCC2)=C(I)C(NC(=O)C(O)CO)C1I. The number of rotatable bonds is 24. The normalized spacial score (nSPS) is 17.9. The number of halogens is 9. The minimum Gasteiger partial charge on any atom is -0.394 e. The predicted octanol–water partition coefficient (Wildman–Crippen LogP) is -0.810. The third kappa shape index (κ3) is 21.2. The second kappa shape index (κ2) is 39.4. The first-order valence-electron chi connectivity index (χ1n) is 27.8. The molecule has 1 saturated heterocycles. The summed E-state index contributed by atoms with van der Waals surface area (Å²) in [6.07, 6.45) is -9.90. The second-order valence-corrected chi connectivity index (χ2v) is 31.1. The Balaban J connectivity index is 2.07. The fraction of sp³-hybridized carbons (Fsp3) is 0.537. The molecule has 4 rings (SSSR count). The zero-order valence-corrected chi connectivity index (χ0v) is 68.9. The fourth-order valence-electron chi connectivity index (χ4n) is 9.30. The Morgan fingerprint density at radius 2 is 0.742 bits per heavy atom. The van der Waals surface area contributed by atoms with Gasteiger partial charge in [0, 0.05) is 99.9 Å². The Kier molecular flexibility index (Phi) is 35.9. The largest absolute Gasteiger partial charge is 0.394 e. The number of carbonyl (C=O) groups is 9. The van der Waals surface area contributed by atoms with E-state index in [9.17, 15) is 90.0 Å². The summed E-state index contributed by atoms with van der Waals surface area (Å²) in [5, 5.41) is 128. The Labute approximate surface area is 656 Å². The highest BCUT2D eigenvalue weighted by Gasteiger charge is 2.44. The Bertz CT molecular complexity index is 3080. The average Bonchev–Trinajstić information content (AvgIpc) is 0.786. The lowest BCUT2D eigenvalue weighted by Gasteiger charge is -2.36. The van der Waals surface area contributed by atoms with Crippen LogP contribution in [0.4, 0.5) is 11.4 Å². The molecule has 9 amide bonds. The molecule has 1 fully saturated rings. The van der Waals surface area contributed by atoms with E-state index in [1.54, 1.807) is 136 Å². The maximum Gasteiger partial charge on any atom is 0.256 e. The molecule has 1 heterocycles. The van der Waals surface area contributed by atoms with Gasteiger partial charge in [0.25, 0.3) is 53.2 Å². The lowest BCUT2D eigenvalue weighted by Crippen LogP contribution is -2.51. The summed E-state index contributed by atoms with van der Waals surface area (Å²) >= 11 is 16.3. The van der Waals surface area contributed by atoms with Crippen molar-refractivity contribution in [2.75, 3.05) is 130 Å². The van der Waals surface area contributed by atoms with E-state index in [4.69, 9.17) is 0 Å². The lowest BCUT2D eigenvalue weighted by atomic mass is 9.93. The zero-order valence-electron chi connectivity index (χ0n) is 49.5. The van der Waals surface area contributed by atoms with Crippen LogP contribution in [0.2, 0.25) is 0 Å². The third-order valence-corrected chi connectivity index (χ3v) is 24.4. The number of hydrogen-bond donors (Lipinski definition) is 15. The highest BCUT2D eigenvalue weighted by molar-refractivity contribution is 14.1. The fourth-order valence-corrected chi connectivity index (χ4v) is 23.0. The summed E-state index contributed by atoms with van der Waals surface area (Å²) in [6.45, 7) is -7.18. The lowest BCUT2D eigenvalue weighted by molar-refractivity contribution is -0.132. The number of carbonyl (C=O) groups excluding carboxylic acids is 9. The summed E-state index contributed by atoms with van der Waals surface area (Å²) < 4.78 is -0.211. The number of aliphatic hydroxyl groups excluding tert-OH is 12. The van der Waals surface area contributed by atoms with Crippen LogP contribution in [0.1, 0.15) is 60.7 Å².